The molecule has 0 radical (unpaired) electrons. The molecular formula is C27H38N2O7. The second-order valence-electron chi connectivity index (χ2n) is 8.74. The maximum absolute atomic E-state index is 12.6. The van der Waals surface area contributed by atoms with Crippen LogP contribution in [0.2, 0.25) is 0 Å². The summed E-state index contributed by atoms with van der Waals surface area (Å²) in [6, 6.07) is 9.03. The zero-order valence-electron chi connectivity index (χ0n) is 21.7. The number of benzene rings is 1. The fourth-order valence-corrected chi connectivity index (χ4v) is 4.27. The van der Waals surface area contributed by atoms with Crippen molar-refractivity contribution in [1.29, 1.82) is 0 Å². The number of amides is 1. The van der Waals surface area contributed by atoms with Gasteiger partial charge in [0.25, 0.3) is 5.91 Å². The van der Waals surface area contributed by atoms with E-state index in [4.69, 9.17) is 28.4 Å². The maximum atomic E-state index is 12.6. The first-order chi connectivity index (χ1) is 17.6. The molecule has 36 heavy (non-hydrogen) atoms. The highest BCUT2D eigenvalue weighted by Gasteiger charge is 2.30. The van der Waals surface area contributed by atoms with Crippen molar-refractivity contribution >= 4 is 5.91 Å². The summed E-state index contributed by atoms with van der Waals surface area (Å²) in [5.41, 5.74) is 0.767. The van der Waals surface area contributed by atoms with Crippen molar-refractivity contribution in [3.63, 3.8) is 0 Å². The summed E-state index contributed by atoms with van der Waals surface area (Å²) < 4.78 is 34.6. The lowest BCUT2D eigenvalue weighted by Crippen LogP contribution is -2.46. The van der Waals surface area contributed by atoms with Crippen LogP contribution in [0.25, 0.3) is 0 Å². The van der Waals surface area contributed by atoms with Crippen LogP contribution in [0.5, 0.6) is 23.1 Å². The van der Waals surface area contributed by atoms with Crippen molar-refractivity contribution in [3.8, 4) is 23.1 Å². The zero-order chi connectivity index (χ0) is 25.8. The number of carbonyl (C=O) groups excluding carboxylic acids is 1. The van der Waals surface area contributed by atoms with Gasteiger partial charge in [-0.15, -0.1) is 0 Å². The average molecular weight is 503 g/mol. The number of methoxy groups -OCH3 is 3. The smallest absolute Gasteiger partial charge is 0.251 e. The van der Waals surface area contributed by atoms with Gasteiger partial charge in [0, 0.05) is 26.4 Å². The molecule has 1 heterocycles. The Morgan fingerprint density at radius 3 is 2.36 bits per heavy atom. The molecule has 3 rings (SSSR count). The van der Waals surface area contributed by atoms with Gasteiger partial charge in [0.1, 0.15) is 12.7 Å². The van der Waals surface area contributed by atoms with Crippen molar-refractivity contribution in [2.75, 3.05) is 41.6 Å². The molecule has 1 amide bonds. The molecule has 1 N–H and O–H groups in total. The Labute approximate surface area is 213 Å². The van der Waals surface area contributed by atoms with Gasteiger partial charge in [-0.25, -0.2) is 4.98 Å². The highest BCUT2D eigenvalue weighted by Crippen LogP contribution is 2.39. The van der Waals surface area contributed by atoms with Crippen LogP contribution >= 0.6 is 0 Å². The molecule has 1 aromatic carbocycles. The van der Waals surface area contributed by atoms with Gasteiger partial charge >= 0.3 is 0 Å². The number of carbonyl (C=O) groups is 1. The van der Waals surface area contributed by atoms with E-state index < -0.39 is 12.2 Å². The van der Waals surface area contributed by atoms with Gasteiger partial charge in [-0.1, -0.05) is 25.3 Å². The maximum Gasteiger partial charge on any atom is 0.251 e. The quantitative estimate of drug-likeness (QED) is 0.417. The predicted octanol–water partition coefficient (Wildman–Crippen LogP) is 3.78. The number of nitrogens with zero attached hydrogens (tertiary/aromatic N) is 1. The summed E-state index contributed by atoms with van der Waals surface area (Å²) in [6.45, 7) is 0.844. The summed E-state index contributed by atoms with van der Waals surface area (Å²) in [5, 5.41) is 2.63. The van der Waals surface area contributed by atoms with Crippen LogP contribution in [-0.2, 0) is 20.9 Å². The lowest BCUT2D eigenvalue weighted by Gasteiger charge is -2.25. The third-order valence-electron chi connectivity index (χ3n) is 6.32. The van der Waals surface area contributed by atoms with Crippen LogP contribution in [0.3, 0.4) is 0 Å². The van der Waals surface area contributed by atoms with Crippen LogP contribution in [-0.4, -0.2) is 64.7 Å². The number of rotatable bonds is 14. The van der Waals surface area contributed by atoms with Crippen molar-refractivity contribution in [2.45, 2.75) is 50.9 Å². The molecule has 9 heteroatoms. The van der Waals surface area contributed by atoms with Crippen LogP contribution in [0.4, 0.5) is 0 Å². The molecule has 1 fully saturated rings. The number of aromatic nitrogens is 1. The van der Waals surface area contributed by atoms with E-state index in [1.807, 2.05) is 18.2 Å². The lowest BCUT2D eigenvalue weighted by atomic mass is 9.90. The second kappa shape index (κ2) is 14.5. The van der Waals surface area contributed by atoms with E-state index in [1.165, 1.54) is 39.2 Å². The van der Waals surface area contributed by atoms with Crippen LogP contribution in [0.15, 0.2) is 36.5 Å². The van der Waals surface area contributed by atoms with Gasteiger partial charge in [0.2, 0.25) is 11.6 Å². The minimum Gasteiger partial charge on any atom is -0.493 e. The van der Waals surface area contributed by atoms with Gasteiger partial charge in [-0.3, -0.25) is 4.79 Å². The number of hydrogen-bond acceptors (Lipinski definition) is 8. The fourth-order valence-electron chi connectivity index (χ4n) is 4.27. The molecule has 2 atom stereocenters. The minimum atomic E-state index is -0.914. The molecule has 1 aliphatic rings. The van der Waals surface area contributed by atoms with Crippen molar-refractivity contribution in [1.82, 2.24) is 10.3 Å². The molecule has 0 saturated heterocycles. The van der Waals surface area contributed by atoms with Crippen LogP contribution in [0, 0.1) is 5.92 Å². The Hall–Kier alpha value is -3.04. The first kappa shape index (κ1) is 27.5. The average Bonchev–Trinajstić information content (AvgIpc) is 2.94. The van der Waals surface area contributed by atoms with E-state index in [-0.39, 0.29) is 19.1 Å². The monoisotopic (exact) mass is 502 g/mol. The molecule has 0 spiro atoms. The molecule has 1 saturated carbocycles. The summed E-state index contributed by atoms with van der Waals surface area (Å²) in [5.74, 6) is 2.36. The highest BCUT2D eigenvalue weighted by atomic mass is 16.6. The van der Waals surface area contributed by atoms with E-state index in [9.17, 15) is 4.79 Å². The molecule has 0 bridgehead atoms. The number of pyridine rings is 1. The van der Waals surface area contributed by atoms with E-state index >= 15 is 0 Å². The third-order valence-corrected chi connectivity index (χ3v) is 6.32. The Morgan fingerprint density at radius 2 is 1.78 bits per heavy atom. The number of ether oxygens (including phenoxy) is 6. The Balaban J connectivity index is 1.69. The molecule has 1 aliphatic carbocycles. The fraction of sp³-hybridized carbons (Fsp3) is 0.556. The third kappa shape index (κ3) is 7.73. The SMILES string of the molecule is CNC(=O)C(OCc1cc(OC)c(OCC2CCCCC2)c(OC)c1)C(COc1ccccn1)OC. The normalized spacial score (nSPS) is 15.6. The van der Waals surface area contributed by atoms with Gasteiger partial charge in [-0.05, 0) is 42.5 Å². The van der Waals surface area contributed by atoms with Crippen molar-refractivity contribution < 1.29 is 33.2 Å². The molecule has 1 aromatic heterocycles. The lowest BCUT2D eigenvalue weighted by molar-refractivity contribution is -0.146. The predicted molar refractivity (Wildman–Crippen MR) is 135 cm³/mol. The summed E-state index contributed by atoms with van der Waals surface area (Å²) in [6.07, 6.45) is 6.23. The topological polar surface area (TPSA) is 97.4 Å². The highest BCUT2D eigenvalue weighted by molar-refractivity contribution is 5.81. The Morgan fingerprint density at radius 1 is 1.06 bits per heavy atom. The number of hydrogen-bond donors (Lipinski definition) is 1. The number of nitrogens with one attached hydrogen (secondary N) is 1. The summed E-state index contributed by atoms with van der Waals surface area (Å²) in [4.78, 5) is 16.8. The Bertz CT molecular complexity index is 910. The summed E-state index contributed by atoms with van der Waals surface area (Å²) in [7, 11) is 6.25. The van der Waals surface area contributed by atoms with E-state index in [0.717, 1.165) is 5.56 Å². The molecule has 2 aromatic rings. The molecule has 2 unspecified atom stereocenters. The second-order valence-corrected chi connectivity index (χ2v) is 8.74. The molecule has 0 aliphatic heterocycles. The van der Waals surface area contributed by atoms with E-state index in [2.05, 4.69) is 10.3 Å². The van der Waals surface area contributed by atoms with Crippen LogP contribution in [0.1, 0.15) is 37.7 Å². The number of likely N-dealkylation sites (N-methyl/N-ethyl adjacent to an activating group) is 1. The largest absolute Gasteiger partial charge is 0.493 e. The zero-order valence-corrected chi connectivity index (χ0v) is 21.7. The molecular weight excluding hydrogens is 464 g/mol. The first-order valence-electron chi connectivity index (χ1n) is 12.4. The molecule has 198 valence electrons. The minimum absolute atomic E-state index is 0.0895. The van der Waals surface area contributed by atoms with Gasteiger partial charge in [-0.2, -0.15) is 0 Å². The van der Waals surface area contributed by atoms with E-state index in [1.54, 1.807) is 39.6 Å². The van der Waals surface area contributed by atoms with Gasteiger partial charge in [0.05, 0.1) is 27.4 Å². The van der Waals surface area contributed by atoms with E-state index in [0.29, 0.717) is 35.7 Å². The van der Waals surface area contributed by atoms with Crippen LogP contribution < -0.4 is 24.3 Å². The molecule has 9 nitrogen and oxygen atoms in total. The first-order valence-corrected chi connectivity index (χ1v) is 12.4. The van der Waals surface area contributed by atoms with Gasteiger partial charge in [0.15, 0.2) is 17.6 Å². The van der Waals surface area contributed by atoms with Gasteiger partial charge < -0.3 is 33.7 Å². The van der Waals surface area contributed by atoms with Crippen molar-refractivity contribution in [2.24, 2.45) is 5.92 Å². The van der Waals surface area contributed by atoms with Crippen molar-refractivity contribution in [3.05, 3.63) is 42.1 Å². The standard InChI is InChI=1S/C27H38N2O7/c1-28-27(30)26(23(33-4)18-34-24-12-8-9-13-29-24)36-17-20-14-21(31-2)25(22(15-20)32-3)35-16-19-10-6-5-7-11-19/h8-9,12-15,19,23,26H,5-7,10-11,16-18H2,1-4H3,(H,28,30). The Kier molecular flexibility index (Phi) is 11.1. The summed E-state index contributed by atoms with van der Waals surface area (Å²) >= 11 is 0.